The Labute approximate surface area is 94.4 Å². The van der Waals surface area contributed by atoms with E-state index in [2.05, 4.69) is 31.0 Å². The molecule has 1 spiro atoms. The van der Waals surface area contributed by atoms with Gasteiger partial charge in [0.25, 0.3) is 0 Å². The van der Waals surface area contributed by atoms with Gasteiger partial charge in [0.15, 0.2) is 0 Å². The molecule has 0 unspecified atom stereocenters. The molecular weight excluding hydrogens is 184 g/mol. The van der Waals surface area contributed by atoms with Gasteiger partial charge in [-0.3, -0.25) is 0 Å². The van der Waals surface area contributed by atoms with Gasteiger partial charge in [0.05, 0.1) is 0 Å². The van der Waals surface area contributed by atoms with E-state index in [1.165, 1.54) is 52.0 Å². The van der Waals surface area contributed by atoms with E-state index in [1.807, 2.05) is 0 Å². The summed E-state index contributed by atoms with van der Waals surface area (Å²) in [6.45, 7) is 13.4. The lowest BCUT2D eigenvalue weighted by molar-refractivity contribution is 0.173. The quantitative estimate of drug-likeness (QED) is 0.713. The van der Waals surface area contributed by atoms with E-state index in [4.69, 9.17) is 0 Å². The van der Waals surface area contributed by atoms with Crippen molar-refractivity contribution in [2.75, 3.05) is 32.7 Å². The van der Waals surface area contributed by atoms with Crippen molar-refractivity contribution in [3.8, 4) is 0 Å². The molecule has 0 bridgehead atoms. The van der Waals surface area contributed by atoms with Crippen LogP contribution in [0.4, 0.5) is 0 Å². The number of piperidine rings is 1. The molecule has 0 saturated carbocycles. The first kappa shape index (κ1) is 11.4. The summed E-state index contributed by atoms with van der Waals surface area (Å²) in [4.78, 5) is 2.67. The average molecular weight is 210 g/mol. The molecule has 0 aliphatic carbocycles. The molecule has 2 aliphatic rings. The Kier molecular flexibility index (Phi) is 3.09. The number of rotatable bonds is 1. The van der Waals surface area contributed by atoms with E-state index in [-0.39, 0.29) is 0 Å². The van der Waals surface area contributed by atoms with Crippen molar-refractivity contribution in [2.24, 2.45) is 10.8 Å². The molecule has 2 heterocycles. The smallest absolute Gasteiger partial charge is 0.00509 e. The third-order valence-electron chi connectivity index (χ3n) is 3.78. The van der Waals surface area contributed by atoms with Gasteiger partial charge in [0.2, 0.25) is 0 Å². The Hall–Kier alpha value is -0.0800. The van der Waals surface area contributed by atoms with Crippen molar-refractivity contribution < 1.29 is 0 Å². The second-order valence-corrected chi connectivity index (χ2v) is 6.80. The molecule has 0 amide bonds. The van der Waals surface area contributed by atoms with Crippen LogP contribution < -0.4 is 5.32 Å². The lowest BCUT2D eigenvalue weighted by atomic mass is 9.80. The van der Waals surface area contributed by atoms with Crippen LogP contribution in [0.5, 0.6) is 0 Å². The van der Waals surface area contributed by atoms with E-state index in [0.29, 0.717) is 10.8 Å². The zero-order chi connectivity index (χ0) is 10.9. The van der Waals surface area contributed by atoms with E-state index in [0.717, 1.165) is 0 Å². The monoisotopic (exact) mass is 210 g/mol. The Bertz CT molecular complexity index is 211. The molecule has 0 aromatic heterocycles. The summed E-state index contributed by atoms with van der Waals surface area (Å²) in [6.07, 6.45) is 4.24. The summed E-state index contributed by atoms with van der Waals surface area (Å²) in [5.41, 5.74) is 1.08. The lowest BCUT2D eigenvalue weighted by Gasteiger charge is -2.35. The van der Waals surface area contributed by atoms with Crippen LogP contribution in [-0.2, 0) is 0 Å². The summed E-state index contributed by atoms with van der Waals surface area (Å²) in [5, 5.41) is 3.57. The highest BCUT2D eigenvalue weighted by Crippen LogP contribution is 2.37. The van der Waals surface area contributed by atoms with Gasteiger partial charge in [0, 0.05) is 19.6 Å². The molecule has 2 rings (SSSR count). The van der Waals surface area contributed by atoms with Crippen LogP contribution in [-0.4, -0.2) is 37.6 Å². The number of nitrogens with zero attached hydrogens (tertiary/aromatic N) is 1. The fourth-order valence-corrected chi connectivity index (χ4v) is 3.21. The van der Waals surface area contributed by atoms with Gasteiger partial charge in [0.1, 0.15) is 0 Å². The van der Waals surface area contributed by atoms with Crippen LogP contribution in [0.25, 0.3) is 0 Å². The van der Waals surface area contributed by atoms with Crippen LogP contribution >= 0.6 is 0 Å². The number of nitrogens with one attached hydrogen (secondary N) is 1. The summed E-state index contributed by atoms with van der Waals surface area (Å²) in [6, 6.07) is 0. The van der Waals surface area contributed by atoms with Crippen molar-refractivity contribution in [3.05, 3.63) is 0 Å². The third-order valence-corrected chi connectivity index (χ3v) is 3.78. The topological polar surface area (TPSA) is 15.3 Å². The Balaban J connectivity index is 1.88. The minimum atomic E-state index is 0.452. The maximum Gasteiger partial charge on any atom is 0.00509 e. The molecule has 2 nitrogen and oxygen atoms in total. The molecule has 0 aromatic carbocycles. The molecule has 2 aliphatic heterocycles. The van der Waals surface area contributed by atoms with Gasteiger partial charge in [-0.2, -0.15) is 0 Å². The number of hydrogen-bond donors (Lipinski definition) is 1. The zero-order valence-electron chi connectivity index (χ0n) is 10.6. The molecule has 1 atom stereocenters. The first-order valence-corrected chi connectivity index (χ1v) is 6.42. The van der Waals surface area contributed by atoms with E-state index in [1.54, 1.807) is 0 Å². The van der Waals surface area contributed by atoms with Gasteiger partial charge in [-0.15, -0.1) is 0 Å². The maximum absolute atomic E-state index is 3.57. The first-order chi connectivity index (χ1) is 6.99. The molecule has 2 heteroatoms. The summed E-state index contributed by atoms with van der Waals surface area (Å²) in [5.74, 6) is 0. The highest BCUT2D eigenvalue weighted by Gasteiger charge is 2.39. The summed E-state index contributed by atoms with van der Waals surface area (Å²) < 4.78 is 0. The fraction of sp³-hybridized carbons (Fsp3) is 1.00. The van der Waals surface area contributed by atoms with Crippen molar-refractivity contribution in [1.29, 1.82) is 0 Å². The summed E-state index contributed by atoms with van der Waals surface area (Å²) >= 11 is 0. The average Bonchev–Trinajstić information content (AvgIpc) is 2.47. The normalized spacial score (nSPS) is 33.8. The van der Waals surface area contributed by atoms with Crippen molar-refractivity contribution in [3.63, 3.8) is 0 Å². The van der Waals surface area contributed by atoms with Gasteiger partial charge >= 0.3 is 0 Å². The second-order valence-electron chi connectivity index (χ2n) is 6.80. The van der Waals surface area contributed by atoms with E-state index < -0.39 is 0 Å². The standard InChI is InChI=1S/C13H26N2/c1-12(2,3)10-15-8-6-13(11-15)5-4-7-14-9-13/h14H,4-11H2,1-3H3/t13-/m1/s1. The van der Waals surface area contributed by atoms with Gasteiger partial charge < -0.3 is 10.2 Å². The number of likely N-dealkylation sites (tertiary alicyclic amines) is 1. The Morgan fingerprint density at radius 3 is 2.67 bits per heavy atom. The number of hydrogen-bond acceptors (Lipinski definition) is 2. The molecule has 15 heavy (non-hydrogen) atoms. The van der Waals surface area contributed by atoms with E-state index in [9.17, 15) is 0 Å². The SMILES string of the molecule is CC(C)(C)CN1CC[C@@]2(CCCNC2)C1. The molecule has 2 fully saturated rings. The molecule has 1 N–H and O–H groups in total. The molecule has 0 aromatic rings. The lowest BCUT2D eigenvalue weighted by Crippen LogP contribution is -2.42. The van der Waals surface area contributed by atoms with Crippen LogP contribution in [0, 0.1) is 10.8 Å². The first-order valence-electron chi connectivity index (χ1n) is 6.42. The molecule has 2 saturated heterocycles. The molecule has 0 radical (unpaired) electrons. The van der Waals surface area contributed by atoms with Crippen molar-refractivity contribution in [2.45, 2.75) is 40.0 Å². The highest BCUT2D eigenvalue weighted by atomic mass is 15.2. The van der Waals surface area contributed by atoms with Crippen LogP contribution in [0.3, 0.4) is 0 Å². The van der Waals surface area contributed by atoms with Crippen molar-refractivity contribution in [1.82, 2.24) is 10.2 Å². The second kappa shape index (κ2) is 4.06. The summed E-state index contributed by atoms with van der Waals surface area (Å²) in [7, 11) is 0. The maximum atomic E-state index is 3.57. The van der Waals surface area contributed by atoms with Crippen LogP contribution in [0.1, 0.15) is 40.0 Å². The predicted molar refractivity (Wildman–Crippen MR) is 65.0 cm³/mol. The predicted octanol–water partition coefficient (Wildman–Crippen LogP) is 2.11. The van der Waals surface area contributed by atoms with Crippen molar-refractivity contribution >= 4 is 0 Å². The minimum Gasteiger partial charge on any atom is -0.316 e. The third kappa shape index (κ3) is 2.94. The van der Waals surface area contributed by atoms with Crippen LogP contribution in [0.2, 0.25) is 0 Å². The van der Waals surface area contributed by atoms with Gasteiger partial charge in [-0.05, 0) is 43.2 Å². The molecular formula is C13H26N2. The van der Waals surface area contributed by atoms with E-state index >= 15 is 0 Å². The molecule has 88 valence electrons. The van der Waals surface area contributed by atoms with Gasteiger partial charge in [-0.1, -0.05) is 20.8 Å². The Morgan fingerprint density at radius 2 is 2.07 bits per heavy atom. The highest BCUT2D eigenvalue weighted by molar-refractivity contribution is 4.94. The fourth-order valence-electron chi connectivity index (χ4n) is 3.21. The Morgan fingerprint density at radius 1 is 1.27 bits per heavy atom. The minimum absolute atomic E-state index is 0.452. The largest absolute Gasteiger partial charge is 0.316 e. The zero-order valence-corrected chi connectivity index (χ0v) is 10.6. The van der Waals surface area contributed by atoms with Gasteiger partial charge in [-0.25, -0.2) is 0 Å². The van der Waals surface area contributed by atoms with Crippen LogP contribution in [0.15, 0.2) is 0 Å².